The topological polar surface area (TPSA) is 9.23 Å². The van der Waals surface area contributed by atoms with E-state index in [2.05, 4.69) is 5.92 Å². The first-order valence-corrected chi connectivity index (χ1v) is 3.35. The molecule has 48 valence electrons. The highest BCUT2D eigenvalue weighted by molar-refractivity contribution is 7.80. The Morgan fingerprint density at radius 3 is 3.00 bits per heavy atom. The van der Waals surface area contributed by atoms with E-state index in [1.54, 1.807) is 0 Å². The van der Waals surface area contributed by atoms with Crippen LogP contribution in [0.4, 0.5) is 0 Å². The second-order valence-corrected chi connectivity index (χ2v) is 2.54. The molecule has 1 fully saturated rings. The Labute approximate surface area is 60.4 Å². The van der Waals surface area contributed by atoms with Gasteiger partial charge in [-0.2, -0.15) is 0 Å². The van der Waals surface area contributed by atoms with E-state index in [0.29, 0.717) is 11.7 Å². The molecule has 0 amide bonds. The monoisotopic (exact) mass is 140 g/mol. The number of rotatable bonds is 0. The lowest BCUT2D eigenvalue weighted by Crippen LogP contribution is -2.18. The van der Waals surface area contributed by atoms with Gasteiger partial charge in [0.2, 0.25) is 0 Å². The molecule has 0 aromatic rings. The highest BCUT2D eigenvalue weighted by Gasteiger charge is 2.14. The van der Waals surface area contributed by atoms with Crippen LogP contribution in [-0.4, -0.2) is 11.7 Å². The smallest absolute Gasteiger partial charge is 0.159 e. The van der Waals surface area contributed by atoms with Crippen molar-refractivity contribution in [3.8, 4) is 12.3 Å². The van der Waals surface area contributed by atoms with Gasteiger partial charge in [-0.1, -0.05) is 5.92 Å². The number of ether oxygens (including phenoxy) is 1. The first kappa shape index (κ1) is 6.57. The first-order chi connectivity index (χ1) is 4.33. The van der Waals surface area contributed by atoms with E-state index in [9.17, 15) is 0 Å². The van der Waals surface area contributed by atoms with Crippen molar-refractivity contribution < 1.29 is 4.74 Å². The highest BCUT2D eigenvalue weighted by Crippen LogP contribution is 2.13. The van der Waals surface area contributed by atoms with Gasteiger partial charge in [0.15, 0.2) is 5.05 Å². The maximum absolute atomic E-state index is 5.18. The summed E-state index contributed by atoms with van der Waals surface area (Å²) < 4.78 is 5.07. The van der Waals surface area contributed by atoms with Gasteiger partial charge in [0.1, 0.15) is 6.61 Å². The quantitative estimate of drug-likeness (QED) is 0.371. The van der Waals surface area contributed by atoms with Crippen LogP contribution in [0.15, 0.2) is 0 Å². The Morgan fingerprint density at radius 2 is 2.56 bits per heavy atom. The van der Waals surface area contributed by atoms with Crippen LogP contribution in [0.1, 0.15) is 12.8 Å². The summed E-state index contributed by atoms with van der Waals surface area (Å²) in [5, 5.41) is 0.710. The number of hydrogen-bond acceptors (Lipinski definition) is 2. The standard InChI is InChI=1S/C7H8OS/c1-2-6-3-4-7(9)8-5-6/h1,6H,3-5H2. The molecule has 0 N–H and O–H groups in total. The van der Waals surface area contributed by atoms with Gasteiger partial charge in [-0.05, 0) is 18.6 Å². The van der Waals surface area contributed by atoms with Gasteiger partial charge in [0, 0.05) is 6.42 Å². The fraction of sp³-hybridized carbons (Fsp3) is 0.571. The summed E-state index contributed by atoms with van der Waals surface area (Å²) >= 11 is 4.82. The Bertz CT molecular complexity index is 147. The maximum Gasteiger partial charge on any atom is 0.159 e. The van der Waals surface area contributed by atoms with Crippen LogP contribution in [0.3, 0.4) is 0 Å². The van der Waals surface area contributed by atoms with E-state index in [0.717, 1.165) is 12.8 Å². The van der Waals surface area contributed by atoms with Gasteiger partial charge in [-0.15, -0.1) is 6.42 Å². The van der Waals surface area contributed by atoms with Gasteiger partial charge in [0.25, 0.3) is 0 Å². The fourth-order valence-electron chi connectivity index (χ4n) is 0.773. The van der Waals surface area contributed by atoms with Crippen molar-refractivity contribution in [2.75, 3.05) is 6.61 Å². The molecule has 0 aliphatic carbocycles. The Kier molecular flexibility index (Phi) is 2.07. The van der Waals surface area contributed by atoms with Crippen LogP contribution in [0.25, 0.3) is 0 Å². The summed E-state index contributed by atoms with van der Waals surface area (Å²) in [5.74, 6) is 2.93. The SMILES string of the molecule is C#CC1CCC(=S)OC1. The van der Waals surface area contributed by atoms with Crippen molar-refractivity contribution in [1.82, 2.24) is 0 Å². The van der Waals surface area contributed by atoms with Crippen molar-refractivity contribution in [2.24, 2.45) is 5.92 Å². The van der Waals surface area contributed by atoms with Gasteiger partial charge < -0.3 is 4.74 Å². The van der Waals surface area contributed by atoms with Crippen LogP contribution in [0.2, 0.25) is 0 Å². The molecule has 0 saturated carbocycles. The van der Waals surface area contributed by atoms with Crippen LogP contribution >= 0.6 is 12.2 Å². The van der Waals surface area contributed by atoms with Crippen LogP contribution in [-0.2, 0) is 4.74 Å². The lowest BCUT2D eigenvalue weighted by Gasteiger charge is -2.18. The maximum atomic E-state index is 5.18. The molecule has 0 bridgehead atoms. The van der Waals surface area contributed by atoms with E-state index >= 15 is 0 Å². The zero-order valence-corrected chi connectivity index (χ0v) is 5.91. The van der Waals surface area contributed by atoms with Crippen LogP contribution < -0.4 is 0 Å². The largest absolute Gasteiger partial charge is 0.486 e. The van der Waals surface area contributed by atoms with E-state index in [1.807, 2.05) is 0 Å². The van der Waals surface area contributed by atoms with Crippen molar-refractivity contribution in [3.05, 3.63) is 0 Å². The molecule has 0 spiro atoms. The molecule has 1 nitrogen and oxygen atoms in total. The summed E-state index contributed by atoms with van der Waals surface area (Å²) in [7, 11) is 0. The van der Waals surface area contributed by atoms with E-state index < -0.39 is 0 Å². The predicted molar refractivity (Wildman–Crippen MR) is 40.1 cm³/mol. The molecule has 1 aliphatic heterocycles. The second kappa shape index (κ2) is 2.84. The Hall–Kier alpha value is -0.550. The second-order valence-electron chi connectivity index (χ2n) is 2.09. The van der Waals surface area contributed by atoms with Gasteiger partial charge >= 0.3 is 0 Å². The Balaban J connectivity index is 2.37. The van der Waals surface area contributed by atoms with Crippen LogP contribution in [0.5, 0.6) is 0 Å². The highest BCUT2D eigenvalue weighted by atomic mass is 32.1. The molecule has 0 aromatic carbocycles. The third-order valence-electron chi connectivity index (χ3n) is 1.38. The summed E-state index contributed by atoms with van der Waals surface area (Å²) in [6, 6.07) is 0. The van der Waals surface area contributed by atoms with Gasteiger partial charge in [-0.25, -0.2) is 0 Å². The average molecular weight is 140 g/mol. The lowest BCUT2D eigenvalue weighted by atomic mass is 10.0. The molecule has 1 aliphatic rings. The molecule has 0 aromatic heterocycles. The predicted octanol–water partition coefficient (Wildman–Crippen LogP) is 1.37. The number of hydrogen-bond donors (Lipinski definition) is 0. The Morgan fingerprint density at radius 1 is 1.78 bits per heavy atom. The molecule has 0 radical (unpaired) electrons. The summed E-state index contributed by atoms with van der Waals surface area (Å²) in [6.07, 6.45) is 7.02. The van der Waals surface area contributed by atoms with E-state index in [4.69, 9.17) is 23.4 Å². The minimum atomic E-state index is 0.289. The minimum absolute atomic E-state index is 0.289. The van der Waals surface area contributed by atoms with E-state index in [1.165, 1.54) is 0 Å². The zero-order chi connectivity index (χ0) is 6.69. The molecule has 1 saturated heterocycles. The zero-order valence-electron chi connectivity index (χ0n) is 5.09. The third kappa shape index (κ3) is 1.69. The molecule has 1 rings (SSSR count). The van der Waals surface area contributed by atoms with Gasteiger partial charge in [0.05, 0.1) is 5.92 Å². The molecule has 1 unspecified atom stereocenters. The number of thiocarbonyl (C=S) groups is 1. The molecule has 1 heterocycles. The first-order valence-electron chi connectivity index (χ1n) is 2.94. The minimum Gasteiger partial charge on any atom is -0.486 e. The van der Waals surface area contributed by atoms with Crippen LogP contribution in [0, 0.1) is 18.3 Å². The van der Waals surface area contributed by atoms with Gasteiger partial charge in [-0.3, -0.25) is 0 Å². The molecular weight excluding hydrogens is 132 g/mol. The van der Waals surface area contributed by atoms with Crippen molar-refractivity contribution in [1.29, 1.82) is 0 Å². The summed E-state index contributed by atoms with van der Waals surface area (Å²) in [6.45, 7) is 0.620. The molecular formula is C7H8OS. The molecule has 9 heavy (non-hydrogen) atoms. The third-order valence-corrected chi connectivity index (χ3v) is 1.70. The molecule has 1 atom stereocenters. The summed E-state index contributed by atoms with van der Waals surface area (Å²) in [4.78, 5) is 0. The fourth-order valence-corrected chi connectivity index (χ4v) is 0.958. The van der Waals surface area contributed by atoms with E-state index in [-0.39, 0.29) is 5.92 Å². The molecule has 2 heteroatoms. The van der Waals surface area contributed by atoms with Crippen molar-refractivity contribution in [3.63, 3.8) is 0 Å². The summed E-state index contributed by atoms with van der Waals surface area (Å²) in [5.41, 5.74) is 0. The lowest BCUT2D eigenvalue weighted by molar-refractivity contribution is 0.234. The van der Waals surface area contributed by atoms with Crippen molar-refractivity contribution >= 4 is 17.3 Å². The number of terminal acetylenes is 1. The average Bonchev–Trinajstić information content (AvgIpc) is 1.90. The normalized spacial score (nSPS) is 26.6. The van der Waals surface area contributed by atoms with Crippen molar-refractivity contribution in [2.45, 2.75) is 12.8 Å².